The van der Waals surface area contributed by atoms with Crippen LogP contribution in [-0.4, -0.2) is 32.1 Å². The fourth-order valence-corrected chi connectivity index (χ4v) is 3.13. The standard InChI is InChI=1S/C12H15N3O2S/c1-2-9(16)11-10(14)8(7-13)12(18-11)15-3-5-17-6-4-15/h2-6,14H2,1H3. The molecule has 96 valence electrons. The van der Waals surface area contributed by atoms with Crippen molar-refractivity contribution in [2.24, 2.45) is 0 Å². The molecule has 1 aliphatic heterocycles. The van der Waals surface area contributed by atoms with E-state index in [1.807, 2.05) is 0 Å². The lowest BCUT2D eigenvalue weighted by atomic mass is 10.2. The van der Waals surface area contributed by atoms with Crippen molar-refractivity contribution in [1.29, 1.82) is 5.26 Å². The largest absolute Gasteiger partial charge is 0.396 e. The number of nitriles is 1. The number of ether oxygens (including phenoxy) is 1. The number of ketones is 1. The molecule has 0 saturated carbocycles. The van der Waals surface area contributed by atoms with E-state index < -0.39 is 0 Å². The van der Waals surface area contributed by atoms with Crippen LogP contribution in [0.3, 0.4) is 0 Å². The highest BCUT2D eigenvalue weighted by Crippen LogP contribution is 2.38. The molecule has 1 fully saturated rings. The molecular formula is C12H15N3O2S. The first-order valence-electron chi connectivity index (χ1n) is 5.87. The van der Waals surface area contributed by atoms with Crippen LogP contribution in [0.4, 0.5) is 10.7 Å². The van der Waals surface area contributed by atoms with E-state index in [4.69, 9.17) is 10.5 Å². The minimum atomic E-state index is -0.00601. The summed E-state index contributed by atoms with van der Waals surface area (Å²) in [6.45, 7) is 4.53. The summed E-state index contributed by atoms with van der Waals surface area (Å²) >= 11 is 1.32. The van der Waals surface area contributed by atoms with Gasteiger partial charge in [-0.15, -0.1) is 11.3 Å². The van der Waals surface area contributed by atoms with Gasteiger partial charge in [0.15, 0.2) is 5.78 Å². The number of carbonyl (C=O) groups is 1. The minimum Gasteiger partial charge on any atom is -0.396 e. The first-order chi connectivity index (χ1) is 8.69. The van der Waals surface area contributed by atoms with E-state index in [0.29, 0.717) is 35.8 Å². The molecule has 0 radical (unpaired) electrons. The zero-order valence-electron chi connectivity index (χ0n) is 10.2. The van der Waals surface area contributed by atoms with E-state index in [2.05, 4.69) is 11.0 Å². The van der Waals surface area contributed by atoms with Crippen LogP contribution in [0, 0.1) is 11.3 Å². The molecule has 1 aromatic heterocycles. The maximum absolute atomic E-state index is 11.8. The average molecular weight is 265 g/mol. The van der Waals surface area contributed by atoms with Gasteiger partial charge in [-0.2, -0.15) is 5.26 Å². The second-order valence-corrected chi connectivity index (χ2v) is 5.01. The van der Waals surface area contributed by atoms with Crippen LogP contribution in [0.2, 0.25) is 0 Å². The van der Waals surface area contributed by atoms with Crippen LogP contribution in [0.15, 0.2) is 0 Å². The quantitative estimate of drug-likeness (QED) is 0.840. The molecule has 0 spiro atoms. The van der Waals surface area contributed by atoms with Crippen LogP contribution in [0.5, 0.6) is 0 Å². The number of nitrogen functional groups attached to an aromatic ring is 1. The van der Waals surface area contributed by atoms with Gasteiger partial charge in [0.2, 0.25) is 0 Å². The molecule has 2 rings (SSSR count). The number of nitrogens with two attached hydrogens (primary N) is 1. The molecular weight excluding hydrogens is 250 g/mol. The Labute approximate surface area is 110 Å². The molecule has 18 heavy (non-hydrogen) atoms. The summed E-state index contributed by atoms with van der Waals surface area (Å²) in [4.78, 5) is 14.4. The molecule has 0 amide bonds. The van der Waals surface area contributed by atoms with E-state index in [1.165, 1.54) is 11.3 Å². The zero-order valence-corrected chi connectivity index (χ0v) is 11.0. The summed E-state index contributed by atoms with van der Waals surface area (Å²) in [7, 11) is 0. The van der Waals surface area contributed by atoms with Gasteiger partial charge in [-0.3, -0.25) is 4.79 Å². The number of carbonyl (C=O) groups excluding carboxylic acids is 1. The molecule has 1 aromatic rings. The fourth-order valence-electron chi connectivity index (χ4n) is 1.90. The SMILES string of the molecule is CCC(=O)c1sc(N2CCOCC2)c(C#N)c1N. The predicted octanol–water partition coefficient (Wildman–Crippen LogP) is 1.63. The maximum atomic E-state index is 11.8. The molecule has 0 bridgehead atoms. The van der Waals surface area contributed by atoms with Gasteiger partial charge in [0.25, 0.3) is 0 Å². The lowest BCUT2D eigenvalue weighted by molar-refractivity contribution is 0.0993. The van der Waals surface area contributed by atoms with E-state index in [0.717, 1.165) is 18.1 Å². The first-order valence-corrected chi connectivity index (χ1v) is 6.69. The smallest absolute Gasteiger partial charge is 0.174 e. The topological polar surface area (TPSA) is 79.3 Å². The molecule has 0 aliphatic carbocycles. The van der Waals surface area contributed by atoms with Crippen molar-refractivity contribution in [2.75, 3.05) is 36.9 Å². The summed E-state index contributed by atoms with van der Waals surface area (Å²) < 4.78 is 5.28. The van der Waals surface area contributed by atoms with Crippen molar-refractivity contribution >= 4 is 27.8 Å². The third-order valence-corrected chi connectivity index (χ3v) is 4.22. The Balaban J connectivity index is 2.40. The van der Waals surface area contributed by atoms with Crippen LogP contribution >= 0.6 is 11.3 Å². The highest BCUT2D eigenvalue weighted by atomic mass is 32.1. The number of hydrogen-bond acceptors (Lipinski definition) is 6. The maximum Gasteiger partial charge on any atom is 0.174 e. The van der Waals surface area contributed by atoms with E-state index in [1.54, 1.807) is 6.92 Å². The Morgan fingerprint density at radius 2 is 2.22 bits per heavy atom. The van der Waals surface area contributed by atoms with Gasteiger partial charge in [0.1, 0.15) is 16.6 Å². The number of Topliss-reactive ketones (excluding diaryl/α,β-unsaturated/α-hetero) is 1. The summed E-state index contributed by atoms with van der Waals surface area (Å²) in [6.07, 6.45) is 0.401. The molecule has 0 aromatic carbocycles. The van der Waals surface area contributed by atoms with Crippen molar-refractivity contribution in [3.63, 3.8) is 0 Å². The summed E-state index contributed by atoms with van der Waals surface area (Å²) in [5.41, 5.74) is 6.67. The van der Waals surface area contributed by atoms with Crippen molar-refractivity contribution in [3.05, 3.63) is 10.4 Å². The van der Waals surface area contributed by atoms with E-state index in [-0.39, 0.29) is 5.78 Å². The van der Waals surface area contributed by atoms with Crippen LogP contribution in [0.1, 0.15) is 28.6 Å². The zero-order chi connectivity index (χ0) is 13.1. The monoisotopic (exact) mass is 265 g/mol. The van der Waals surface area contributed by atoms with Crippen molar-refractivity contribution in [1.82, 2.24) is 0 Å². The second-order valence-electron chi connectivity index (χ2n) is 4.01. The molecule has 2 N–H and O–H groups in total. The Morgan fingerprint density at radius 1 is 1.56 bits per heavy atom. The second kappa shape index (κ2) is 5.38. The van der Waals surface area contributed by atoms with Gasteiger partial charge < -0.3 is 15.4 Å². The summed E-state index contributed by atoms with van der Waals surface area (Å²) in [5, 5.41) is 10.0. The third-order valence-electron chi connectivity index (χ3n) is 2.91. The molecule has 1 aliphatic rings. The Morgan fingerprint density at radius 3 is 2.78 bits per heavy atom. The van der Waals surface area contributed by atoms with Crippen molar-refractivity contribution in [2.45, 2.75) is 13.3 Å². The van der Waals surface area contributed by atoms with Crippen molar-refractivity contribution in [3.8, 4) is 6.07 Å². The molecule has 1 saturated heterocycles. The molecule has 6 heteroatoms. The van der Waals surface area contributed by atoms with Gasteiger partial charge in [-0.25, -0.2) is 0 Å². The number of morpholine rings is 1. The fraction of sp³-hybridized carbons (Fsp3) is 0.500. The molecule has 0 atom stereocenters. The van der Waals surface area contributed by atoms with Gasteiger partial charge >= 0.3 is 0 Å². The molecule has 2 heterocycles. The number of rotatable bonds is 3. The van der Waals surface area contributed by atoms with Crippen LogP contribution in [-0.2, 0) is 4.74 Å². The first kappa shape index (κ1) is 12.9. The van der Waals surface area contributed by atoms with Gasteiger partial charge in [-0.05, 0) is 0 Å². The van der Waals surface area contributed by atoms with Gasteiger partial charge in [-0.1, -0.05) is 6.92 Å². The van der Waals surface area contributed by atoms with Gasteiger partial charge in [0.05, 0.1) is 23.8 Å². The Bertz CT molecular complexity index is 498. The average Bonchev–Trinajstić information content (AvgIpc) is 2.76. The van der Waals surface area contributed by atoms with Crippen LogP contribution in [0.25, 0.3) is 0 Å². The molecule has 5 nitrogen and oxygen atoms in total. The number of thiophene rings is 1. The van der Waals surface area contributed by atoms with E-state index in [9.17, 15) is 10.1 Å². The third kappa shape index (κ3) is 2.19. The Hall–Kier alpha value is -1.58. The number of hydrogen-bond donors (Lipinski definition) is 1. The highest BCUT2D eigenvalue weighted by molar-refractivity contribution is 7.19. The summed E-state index contributed by atoms with van der Waals surface area (Å²) in [5.74, 6) is -0.00601. The van der Waals surface area contributed by atoms with E-state index >= 15 is 0 Å². The lowest BCUT2D eigenvalue weighted by Crippen LogP contribution is -2.36. The van der Waals surface area contributed by atoms with Crippen LogP contribution < -0.4 is 10.6 Å². The predicted molar refractivity (Wildman–Crippen MR) is 71.1 cm³/mol. The lowest BCUT2D eigenvalue weighted by Gasteiger charge is -2.27. The Kier molecular flexibility index (Phi) is 3.84. The molecule has 0 unspecified atom stereocenters. The minimum absolute atomic E-state index is 0.00601. The highest BCUT2D eigenvalue weighted by Gasteiger charge is 2.24. The number of anilines is 2. The summed E-state index contributed by atoms with van der Waals surface area (Å²) in [6, 6.07) is 2.11. The number of nitrogens with zero attached hydrogens (tertiary/aromatic N) is 2. The van der Waals surface area contributed by atoms with Crippen molar-refractivity contribution < 1.29 is 9.53 Å². The normalized spacial score (nSPS) is 15.4. The van der Waals surface area contributed by atoms with Gasteiger partial charge in [0, 0.05) is 19.5 Å².